The van der Waals surface area contributed by atoms with Crippen LogP contribution in [0.25, 0.3) is 0 Å². The first-order valence-corrected chi connectivity index (χ1v) is 4.69. The molecule has 0 heterocycles. The molecule has 13 heavy (non-hydrogen) atoms. The van der Waals surface area contributed by atoms with Gasteiger partial charge >= 0.3 is 0 Å². The topological polar surface area (TPSA) is 60.7 Å². The smallest absolute Gasteiger partial charge is 0.0691 e. The number of hydrogen-bond acceptors (Lipinski definition) is 3. The Hall–Kier alpha value is -0.120. The van der Waals surface area contributed by atoms with Crippen molar-refractivity contribution in [1.82, 2.24) is 0 Å². The van der Waals surface area contributed by atoms with Gasteiger partial charge in [-0.2, -0.15) is 0 Å². The summed E-state index contributed by atoms with van der Waals surface area (Å²) >= 11 is 0. The van der Waals surface area contributed by atoms with Crippen LogP contribution in [0, 0.1) is 10.8 Å². The van der Waals surface area contributed by atoms with Crippen LogP contribution in [0.4, 0.5) is 0 Å². The van der Waals surface area contributed by atoms with Gasteiger partial charge in [0.2, 0.25) is 0 Å². The van der Waals surface area contributed by atoms with Crippen molar-refractivity contribution in [3.8, 4) is 0 Å². The quantitative estimate of drug-likeness (QED) is 0.529. The lowest BCUT2D eigenvalue weighted by atomic mass is 9.51. The number of aliphatic hydroxyl groups is 3. The van der Waals surface area contributed by atoms with Crippen molar-refractivity contribution in [3.05, 3.63) is 0 Å². The predicted octanol–water partition coefficient (Wildman–Crippen LogP) is 0.773. The van der Waals surface area contributed by atoms with Gasteiger partial charge in [-0.25, -0.2) is 0 Å². The van der Waals surface area contributed by atoms with Gasteiger partial charge < -0.3 is 15.3 Å². The molecule has 0 radical (unpaired) electrons. The second-order valence-corrected chi connectivity index (χ2v) is 4.76. The summed E-state index contributed by atoms with van der Waals surface area (Å²) in [5, 5.41) is 26.6. The molecule has 1 saturated carbocycles. The highest BCUT2D eigenvalue weighted by Gasteiger charge is 2.60. The molecule has 0 aromatic carbocycles. The second kappa shape index (κ2) is 3.95. The average Bonchev–Trinajstić information content (AvgIpc) is 2.03. The van der Waals surface area contributed by atoms with E-state index < -0.39 is 0 Å². The molecule has 3 nitrogen and oxygen atoms in total. The van der Waals surface area contributed by atoms with E-state index in [1.54, 1.807) is 6.92 Å². The first-order chi connectivity index (χ1) is 5.72. The molecule has 0 atom stereocenters. The fourth-order valence-electron chi connectivity index (χ4n) is 2.12. The van der Waals surface area contributed by atoms with E-state index in [0.29, 0.717) is 0 Å². The highest BCUT2D eigenvalue weighted by molar-refractivity contribution is 5.09. The van der Waals surface area contributed by atoms with E-state index in [9.17, 15) is 10.2 Å². The van der Waals surface area contributed by atoms with Crippen molar-refractivity contribution in [2.24, 2.45) is 10.8 Å². The van der Waals surface area contributed by atoms with E-state index in [4.69, 9.17) is 5.11 Å². The molecular formula is C10H22O3. The molecule has 3 heteroatoms. The molecule has 1 aliphatic carbocycles. The van der Waals surface area contributed by atoms with Gasteiger partial charge in [-0.05, 0) is 6.92 Å². The second-order valence-electron chi connectivity index (χ2n) is 4.76. The summed E-state index contributed by atoms with van der Waals surface area (Å²) in [4.78, 5) is 0. The highest BCUT2D eigenvalue weighted by Crippen LogP contribution is 2.53. The largest absolute Gasteiger partial charge is 0.397 e. The Labute approximate surface area is 80.4 Å². The third-order valence-corrected chi connectivity index (χ3v) is 2.82. The van der Waals surface area contributed by atoms with Crippen molar-refractivity contribution in [1.29, 1.82) is 0 Å². The first-order valence-electron chi connectivity index (χ1n) is 4.69. The van der Waals surface area contributed by atoms with Gasteiger partial charge in [0.1, 0.15) is 0 Å². The van der Waals surface area contributed by atoms with E-state index in [1.807, 2.05) is 27.7 Å². The van der Waals surface area contributed by atoms with E-state index in [2.05, 4.69) is 0 Å². The molecule has 0 spiro atoms. The van der Waals surface area contributed by atoms with E-state index in [0.717, 1.165) is 0 Å². The molecule has 0 bridgehead atoms. The summed E-state index contributed by atoms with van der Waals surface area (Å²) in [5.74, 6) is 0. The fraction of sp³-hybridized carbons (Fsp3) is 1.00. The Morgan fingerprint density at radius 3 is 1.15 bits per heavy atom. The minimum Gasteiger partial charge on any atom is -0.397 e. The van der Waals surface area contributed by atoms with Crippen molar-refractivity contribution >= 4 is 0 Å². The number of aliphatic hydroxyl groups excluding tert-OH is 3. The maximum Gasteiger partial charge on any atom is 0.0691 e. The standard InChI is InChI=1S/C8H16O2.C2H6O/c1-7(2)5(9)8(3,4)6(7)10;1-2-3/h5-6,9-10H,1-4H3;3H,2H2,1H3. The van der Waals surface area contributed by atoms with E-state index in [-0.39, 0.29) is 29.6 Å². The predicted molar refractivity (Wildman–Crippen MR) is 52.3 cm³/mol. The zero-order chi connectivity index (χ0) is 10.9. The fourth-order valence-corrected chi connectivity index (χ4v) is 2.12. The summed E-state index contributed by atoms with van der Waals surface area (Å²) < 4.78 is 0. The number of rotatable bonds is 0. The Kier molecular flexibility index (Phi) is 3.91. The van der Waals surface area contributed by atoms with Crippen LogP contribution >= 0.6 is 0 Å². The SMILES string of the molecule is CC1(C)C(O)C(C)(C)C1O.CCO. The summed E-state index contributed by atoms with van der Waals surface area (Å²) in [5.41, 5.74) is -0.632. The maximum absolute atomic E-state index is 9.51. The van der Waals surface area contributed by atoms with Crippen LogP contribution in [0.3, 0.4) is 0 Å². The van der Waals surface area contributed by atoms with Gasteiger partial charge in [-0.1, -0.05) is 27.7 Å². The summed E-state index contributed by atoms with van der Waals surface area (Å²) in [7, 11) is 0. The van der Waals surface area contributed by atoms with Gasteiger partial charge in [-0.3, -0.25) is 0 Å². The Morgan fingerprint density at radius 2 is 1.08 bits per heavy atom. The van der Waals surface area contributed by atoms with Crippen LogP contribution < -0.4 is 0 Å². The van der Waals surface area contributed by atoms with Crippen molar-refractivity contribution < 1.29 is 15.3 Å². The molecular weight excluding hydrogens is 168 g/mol. The molecule has 1 aliphatic rings. The molecule has 80 valence electrons. The van der Waals surface area contributed by atoms with Crippen LogP contribution in [0.15, 0.2) is 0 Å². The molecule has 0 unspecified atom stereocenters. The molecule has 0 aromatic rings. The number of hydrogen-bond donors (Lipinski definition) is 3. The minimum atomic E-state index is -0.380. The molecule has 0 amide bonds. The molecule has 1 fully saturated rings. The van der Waals surface area contributed by atoms with E-state index >= 15 is 0 Å². The summed E-state index contributed by atoms with van der Waals surface area (Å²) in [6.45, 7) is 9.46. The van der Waals surface area contributed by atoms with Crippen LogP contribution in [0.5, 0.6) is 0 Å². The maximum atomic E-state index is 9.51. The Morgan fingerprint density at radius 1 is 0.923 bits per heavy atom. The van der Waals surface area contributed by atoms with Gasteiger partial charge in [-0.15, -0.1) is 0 Å². The zero-order valence-electron chi connectivity index (χ0n) is 9.20. The Balaban J connectivity index is 0.000000424. The van der Waals surface area contributed by atoms with Crippen LogP contribution in [0.2, 0.25) is 0 Å². The molecule has 0 aliphatic heterocycles. The zero-order valence-corrected chi connectivity index (χ0v) is 9.20. The van der Waals surface area contributed by atoms with Crippen molar-refractivity contribution in [3.63, 3.8) is 0 Å². The first kappa shape index (κ1) is 12.9. The van der Waals surface area contributed by atoms with Crippen LogP contribution in [-0.4, -0.2) is 34.1 Å². The van der Waals surface area contributed by atoms with Gasteiger partial charge in [0.15, 0.2) is 0 Å². The van der Waals surface area contributed by atoms with Crippen LogP contribution in [0.1, 0.15) is 34.6 Å². The lowest BCUT2D eigenvalue weighted by Crippen LogP contribution is -2.67. The summed E-state index contributed by atoms with van der Waals surface area (Å²) in [6, 6.07) is 0. The third kappa shape index (κ3) is 2.03. The van der Waals surface area contributed by atoms with Crippen molar-refractivity contribution in [2.75, 3.05) is 6.61 Å². The molecule has 0 aromatic heterocycles. The van der Waals surface area contributed by atoms with Gasteiger partial charge in [0, 0.05) is 17.4 Å². The van der Waals surface area contributed by atoms with Crippen molar-refractivity contribution in [2.45, 2.75) is 46.8 Å². The van der Waals surface area contributed by atoms with Gasteiger partial charge in [0.25, 0.3) is 0 Å². The van der Waals surface area contributed by atoms with Crippen LogP contribution in [-0.2, 0) is 0 Å². The van der Waals surface area contributed by atoms with Gasteiger partial charge in [0.05, 0.1) is 12.2 Å². The Bertz CT molecular complexity index is 134. The highest BCUT2D eigenvalue weighted by atomic mass is 16.3. The average molecular weight is 190 g/mol. The molecule has 3 N–H and O–H groups in total. The monoisotopic (exact) mass is 190 g/mol. The molecule has 0 saturated heterocycles. The lowest BCUT2D eigenvalue weighted by molar-refractivity contribution is -0.247. The van der Waals surface area contributed by atoms with E-state index in [1.165, 1.54) is 0 Å². The minimum absolute atomic E-state index is 0.250. The summed E-state index contributed by atoms with van der Waals surface area (Å²) in [6.07, 6.45) is -0.759. The lowest BCUT2D eigenvalue weighted by Gasteiger charge is -2.59. The molecule has 1 rings (SSSR count). The normalized spacial score (nSPS) is 34.2. The third-order valence-electron chi connectivity index (χ3n) is 2.82.